The molecule has 1 rings (SSSR count). The predicted molar refractivity (Wildman–Crippen MR) is 44.2 cm³/mol. The first-order chi connectivity index (χ1) is 6.60. The number of hydrogen-bond acceptors (Lipinski definition) is 4. The molecule has 0 saturated carbocycles. The van der Waals surface area contributed by atoms with Gasteiger partial charge in [-0.05, 0) is 6.07 Å². The third-order valence-electron chi connectivity index (χ3n) is 1.64. The van der Waals surface area contributed by atoms with E-state index in [-0.39, 0.29) is 11.3 Å². The Labute approximate surface area is 78.6 Å². The highest BCUT2D eigenvalue weighted by Crippen LogP contribution is 2.27. The number of nitriles is 1. The van der Waals surface area contributed by atoms with Crippen LogP contribution >= 0.6 is 0 Å². The van der Waals surface area contributed by atoms with E-state index in [9.17, 15) is 8.78 Å². The van der Waals surface area contributed by atoms with E-state index in [4.69, 9.17) is 16.1 Å². The van der Waals surface area contributed by atoms with Crippen molar-refractivity contribution in [1.29, 1.82) is 5.26 Å². The largest absolute Gasteiger partial charge is 0.390 e. The standard InChI is InChI=1S/C8H7F2N3O/c9-7(10)6-4(2-11)1-5(3-14)13-8(6)12/h1,7,14H,3H2,(H2,12,13). The Hall–Kier alpha value is -1.74. The molecule has 0 amide bonds. The Bertz CT molecular complexity index is 387. The first-order valence-corrected chi connectivity index (χ1v) is 3.68. The maximum absolute atomic E-state index is 12.4. The van der Waals surface area contributed by atoms with Gasteiger partial charge in [0.05, 0.1) is 29.5 Å². The lowest BCUT2D eigenvalue weighted by Crippen LogP contribution is -2.04. The summed E-state index contributed by atoms with van der Waals surface area (Å²) in [6.07, 6.45) is -2.84. The number of pyridine rings is 1. The van der Waals surface area contributed by atoms with Crippen LogP contribution in [0.25, 0.3) is 0 Å². The van der Waals surface area contributed by atoms with E-state index < -0.39 is 24.4 Å². The smallest absolute Gasteiger partial charge is 0.268 e. The van der Waals surface area contributed by atoms with Crippen molar-refractivity contribution < 1.29 is 13.9 Å². The molecule has 4 nitrogen and oxygen atoms in total. The second-order valence-electron chi connectivity index (χ2n) is 2.53. The van der Waals surface area contributed by atoms with Crippen molar-refractivity contribution in [2.24, 2.45) is 0 Å². The fraction of sp³-hybridized carbons (Fsp3) is 0.250. The minimum Gasteiger partial charge on any atom is -0.390 e. The summed E-state index contributed by atoms with van der Waals surface area (Å²) in [7, 11) is 0. The molecule has 1 aromatic heterocycles. The second-order valence-corrected chi connectivity index (χ2v) is 2.53. The summed E-state index contributed by atoms with van der Waals surface area (Å²) in [5.74, 6) is -0.414. The fourth-order valence-corrected chi connectivity index (χ4v) is 1.03. The van der Waals surface area contributed by atoms with Crippen LogP contribution in [0, 0.1) is 11.3 Å². The summed E-state index contributed by atoms with van der Waals surface area (Å²) >= 11 is 0. The maximum Gasteiger partial charge on any atom is 0.268 e. The number of nitrogens with two attached hydrogens (primary N) is 1. The zero-order valence-corrected chi connectivity index (χ0v) is 7.04. The molecule has 0 bridgehead atoms. The molecule has 0 radical (unpaired) electrons. The lowest BCUT2D eigenvalue weighted by Gasteiger charge is -2.07. The molecule has 0 unspecified atom stereocenters. The van der Waals surface area contributed by atoms with Gasteiger partial charge < -0.3 is 10.8 Å². The number of aromatic nitrogens is 1. The quantitative estimate of drug-likeness (QED) is 0.743. The van der Waals surface area contributed by atoms with E-state index in [1.54, 1.807) is 6.07 Å². The van der Waals surface area contributed by atoms with Gasteiger partial charge in [-0.15, -0.1) is 0 Å². The molecule has 0 aliphatic carbocycles. The number of nitrogen functional groups attached to an aromatic ring is 1. The molecule has 0 spiro atoms. The number of anilines is 1. The van der Waals surface area contributed by atoms with E-state index in [2.05, 4.69) is 4.98 Å². The Morgan fingerprint density at radius 3 is 2.71 bits per heavy atom. The summed E-state index contributed by atoms with van der Waals surface area (Å²) in [5, 5.41) is 17.3. The Morgan fingerprint density at radius 2 is 2.29 bits per heavy atom. The van der Waals surface area contributed by atoms with E-state index in [0.717, 1.165) is 6.07 Å². The zero-order chi connectivity index (χ0) is 10.7. The number of alkyl halides is 2. The first-order valence-electron chi connectivity index (χ1n) is 3.68. The van der Waals surface area contributed by atoms with Crippen LogP contribution in [0.15, 0.2) is 6.07 Å². The van der Waals surface area contributed by atoms with Gasteiger partial charge in [-0.2, -0.15) is 5.26 Å². The van der Waals surface area contributed by atoms with Crippen LogP contribution in [0.2, 0.25) is 0 Å². The molecule has 74 valence electrons. The fourth-order valence-electron chi connectivity index (χ4n) is 1.03. The normalized spacial score (nSPS) is 10.2. The lowest BCUT2D eigenvalue weighted by atomic mass is 10.1. The van der Waals surface area contributed by atoms with Gasteiger partial charge in [-0.1, -0.05) is 0 Å². The average molecular weight is 199 g/mol. The number of halogens is 2. The molecule has 1 aromatic rings. The SMILES string of the molecule is N#Cc1cc(CO)nc(N)c1C(F)F. The molecule has 0 aliphatic heterocycles. The summed E-state index contributed by atoms with van der Waals surface area (Å²) in [6.45, 7) is -0.442. The van der Waals surface area contributed by atoms with Crippen LogP contribution < -0.4 is 5.73 Å². The molecule has 0 atom stereocenters. The minimum atomic E-state index is -2.84. The highest BCUT2D eigenvalue weighted by molar-refractivity contribution is 5.52. The Morgan fingerprint density at radius 1 is 1.64 bits per heavy atom. The van der Waals surface area contributed by atoms with Crippen molar-refractivity contribution in [2.45, 2.75) is 13.0 Å². The van der Waals surface area contributed by atoms with Gasteiger partial charge in [-0.3, -0.25) is 0 Å². The van der Waals surface area contributed by atoms with Crippen molar-refractivity contribution in [3.8, 4) is 6.07 Å². The predicted octanol–water partition coefficient (Wildman–Crippen LogP) is 0.965. The van der Waals surface area contributed by atoms with Gasteiger partial charge in [0.15, 0.2) is 0 Å². The molecular formula is C8H7F2N3O. The number of aliphatic hydroxyl groups excluding tert-OH is 1. The summed E-state index contributed by atoms with van der Waals surface area (Å²) in [5.41, 5.74) is 4.49. The minimum absolute atomic E-state index is 0.100. The molecule has 14 heavy (non-hydrogen) atoms. The van der Waals surface area contributed by atoms with Crippen LogP contribution in [0.1, 0.15) is 23.2 Å². The average Bonchev–Trinajstić information content (AvgIpc) is 2.15. The van der Waals surface area contributed by atoms with Crippen molar-refractivity contribution >= 4 is 5.82 Å². The zero-order valence-electron chi connectivity index (χ0n) is 7.04. The molecule has 0 aliphatic rings. The third-order valence-corrected chi connectivity index (χ3v) is 1.64. The first kappa shape index (κ1) is 10.3. The second kappa shape index (κ2) is 3.98. The van der Waals surface area contributed by atoms with E-state index in [1.807, 2.05) is 0 Å². The molecular weight excluding hydrogens is 192 g/mol. The van der Waals surface area contributed by atoms with Gasteiger partial charge in [0.2, 0.25) is 0 Å². The molecule has 0 aromatic carbocycles. The lowest BCUT2D eigenvalue weighted by molar-refractivity contribution is 0.151. The van der Waals surface area contributed by atoms with Gasteiger partial charge in [0, 0.05) is 0 Å². The molecule has 3 N–H and O–H groups in total. The molecule has 1 heterocycles. The van der Waals surface area contributed by atoms with Gasteiger partial charge in [-0.25, -0.2) is 13.8 Å². The van der Waals surface area contributed by atoms with E-state index in [0.29, 0.717) is 0 Å². The van der Waals surface area contributed by atoms with E-state index >= 15 is 0 Å². The molecule has 6 heteroatoms. The van der Waals surface area contributed by atoms with Crippen molar-refractivity contribution in [2.75, 3.05) is 5.73 Å². The number of hydrogen-bond donors (Lipinski definition) is 2. The van der Waals surface area contributed by atoms with Crippen LogP contribution in [-0.4, -0.2) is 10.1 Å². The summed E-state index contributed by atoms with van der Waals surface area (Å²) in [6, 6.07) is 2.68. The molecule has 0 saturated heterocycles. The monoisotopic (exact) mass is 199 g/mol. The van der Waals surface area contributed by atoms with Crippen molar-refractivity contribution in [3.63, 3.8) is 0 Å². The Kier molecular flexibility index (Phi) is 2.94. The van der Waals surface area contributed by atoms with Gasteiger partial charge in [0.1, 0.15) is 5.82 Å². The van der Waals surface area contributed by atoms with Crippen LogP contribution in [-0.2, 0) is 6.61 Å². The maximum atomic E-state index is 12.4. The highest BCUT2D eigenvalue weighted by Gasteiger charge is 2.18. The Balaban J connectivity index is 3.37. The topological polar surface area (TPSA) is 82.9 Å². The summed E-state index contributed by atoms with van der Waals surface area (Å²) in [4.78, 5) is 3.52. The van der Waals surface area contributed by atoms with Crippen molar-refractivity contribution in [1.82, 2.24) is 4.98 Å². The van der Waals surface area contributed by atoms with Crippen LogP contribution in [0.3, 0.4) is 0 Å². The number of aliphatic hydroxyl groups is 1. The van der Waals surface area contributed by atoms with Crippen LogP contribution in [0.5, 0.6) is 0 Å². The number of nitrogens with zero attached hydrogens (tertiary/aromatic N) is 2. The summed E-state index contributed by atoms with van der Waals surface area (Å²) < 4.78 is 24.8. The van der Waals surface area contributed by atoms with Gasteiger partial charge in [0.25, 0.3) is 6.43 Å². The highest BCUT2D eigenvalue weighted by atomic mass is 19.3. The van der Waals surface area contributed by atoms with Crippen LogP contribution in [0.4, 0.5) is 14.6 Å². The van der Waals surface area contributed by atoms with E-state index in [1.165, 1.54) is 0 Å². The van der Waals surface area contributed by atoms with Gasteiger partial charge >= 0.3 is 0 Å². The molecule has 0 fully saturated rings. The number of rotatable bonds is 2. The third kappa shape index (κ3) is 1.78. The van der Waals surface area contributed by atoms with Crippen molar-refractivity contribution in [3.05, 3.63) is 22.9 Å².